The number of sulfonamides is 1. The van der Waals surface area contributed by atoms with Crippen LogP contribution in [0.3, 0.4) is 0 Å². The van der Waals surface area contributed by atoms with E-state index in [1.807, 2.05) is 0 Å². The third-order valence-corrected chi connectivity index (χ3v) is 6.27. The fraction of sp³-hybridized carbons (Fsp3) is 0.263. The van der Waals surface area contributed by atoms with Gasteiger partial charge in [-0.1, -0.05) is 13.0 Å². The van der Waals surface area contributed by atoms with Crippen LogP contribution in [0.1, 0.15) is 24.7 Å². The van der Waals surface area contributed by atoms with Crippen LogP contribution >= 0.6 is 0 Å². The molecular formula is C19H18N2O5S. The number of non-ortho nitro benzene ring substituents is 1. The molecule has 1 aromatic heterocycles. The van der Waals surface area contributed by atoms with Gasteiger partial charge in [-0.3, -0.25) is 14.8 Å². The summed E-state index contributed by atoms with van der Waals surface area (Å²) >= 11 is 0. The van der Waals surface area contributed by atoms with Gasteiger partial charge in [0.25, 0.3) is 15.7 Å². The summed E-state index contributed by atoms with van der Waals surface area (Å²) in [5, 5.41) is 11.8. The number of hydrogen-bond acceptors (Lipinski definition) is 5. The van der Waals surface area contributed by atoms with Crippen molar-refractivity contribution in [2.75, 3.05) is 4.72 Å². The van der Waals surface area contributed by atoms with Crippen molar-refractivity contribution in [2.45, 2.75) is 31.1 Å². The SMILES string of the molecule is CC1CCc2c(oc3ccc(NS(=O)(=O)c4cccc([N+](=O)[O-])c4)cc23)C1. The van der Waals surface area contributed by atoms with Gasteiger partial charge < -0.3 is 4.42 Å². The highest BCUT2D eigenvalue weighted by molar-refractivity contribution is 7.92. The van der Waals surface area contributed by atoms with Crippen LogP contribution in [-0.4, -0.2) is 13.3 Å². The predicted octanol–water partition coefficient (Wildman–Crippen LogP) is 4.27. The van der Waals surface area contributed by atoms with Crippen LogP contribution in [0.15, 0.2) is 51.8 Å². The molecule has 1 atom stereocenters. The van der Waals surface area contributed by atoms with E-state index in [9.17, 15) is 18.5 Å². The molecule has 1 aliphatic rings. The minimum absolute atomic E-state index is 0.153. The van der Waals surface area contributed by atoms with E-state index < -0.39 is 14.9 Å². The topological polar surface area (TPSA) is 102 Å². The molecule has 8 heteroatoms. The molecule has 7 nitrogen and oxygen atoms in total. The zero-order chi connectivity index (χ0) is 19.2. The lowest BCUT2D eigenvalue weighted by Crippen LogP contribution is -2.13. The van der Waals surface area contributed by atoms with Crippen molar-refractivity contribution in [1.82, 2.24) is 0 Å². The molecule has 27 heavy (non-hydrogen) atoms. The molecule has 1 N–H and O–H groups in total. The van der Waals surface area contributed by atoms with Gasteiger partial charge in [0.05, 0.1) is 9.82 Å². The zero-order valence-corrected chi connectivity index (χ0v) is 15.5. The summed E-state index contributed by atoms with van der Waals surface area (Å²) in [7, 11) is -3.94. The Balaban J connectivity index is 1.69. The summed E-state index contributed by atoms with van der Waals surface area (Å²) < 4.78 is 33.7. The monoisotopic (exact) mass is 386 g/mol. The van der Waals surface area contributed by atoms with Crippen LogP contribution in [0.5, 0.6) is 0 Å². The van der Waals surface area contributed by atoms with Gasteiger partial charge in [0, 0.05) is 35.2 Å². The van der Waals surface area contributed by atoms with E-state index in [1.165, 1.54) is 18.2 Å². The Morgan fingerprint density at radius 2 is 2.04 bits per heavy atom. The number of benzene rings is 2. The quantitative estimate of drug-likeness (QED) is 0.533. The third kappa shape index (κ3) is 3.28. The molecule has 0 fully saturated rings. The number of hydrogen-bond donors (Lipinski definition) is 1. The molecule has 2 aromatic carbocycles. The van der Waals surface area contributed by atoms with Crippen molar-refractivity contribution in [3.63, 3.8) is 0 Å². The highest BCUT2D eigenvalue weighted by Crippen LogP contribution is 2.35. The molecular weight excluding hydrogens is 368 g/mol. The molecule has 4 rings (SSSR count). The highest BCUT2D eigenvalue weighted by Gasteiger charge is 2.23. The van der Waals surface area contributed by atoms with Gasteiger partial charge in [0.2, 0.25) is 0 Å². The lowest BCUT2D eigenvalue weighted by atomic mass is 9.88. The number of aryl methyl sites for hydroxylation is 1. The minimum atomic E-state index is -3.94. The lowest BCUT2D eigenvalue weighted by molar-refractivity contribution is -0.385. The highest BCUT2D eigenvalue weighted by atomic mass is 32.2. The van der Waals surface area contributed by atoms with E-state index in [4.69, 9.17) is 4.42 Å². The van der Waals surface area contributed by atoms with Crippen LogP contribution in [0.2, 0.25) is 0 Å². The minimum Gasteiger partial charge on any atom is -0.461 e. The molecule has 1 heterocycles. The van der Waals surface area contributed by atoms with E-state index in [2.05, 4.69) is 11.6 Å². The average molecular weight is 386 g/mol. The van der Waals surface area contributed by atoms with Crippen LogP contribution in [0.4, 0.5) is 11.4 Å². The maximum atomic E-state index is 12.6. The van der Waals surface area contributed by atoms with E-state index in [-0.39, 0.29) is 10.6 Å². The van der Waals surface area contributed by atoms with Gasteiger partial charge in [-0.15, -0.1) is 0 Å². The molecule has 0 spiro atoms. The van der Waals surface area contributed by atoms with Crippen LogP contribution in [-0.2, 0) is 22.9 Å². The van der Waals surface area contributed by atoms with E-state index in [1.54, 1.807) is 18.2 Å². The van der Waals surface area contributed by atoms with Crippen molar-refractivity contribution in [2.24, 2.45) is 5.92 Å². The summed E-state index contributed by atoms with van der Waals surface area (Å²) in [6.07, 6.45) is 2.87. The largest absolute Gasteiger partial charge is 0.461 e. The van der Waals surface area contributed by atoms with Gasteiger partial charge in [0.15, 0.2) is 0 Å². The van der Waals surface area contributed by atoms with Crippen molar-refractivity contribution < 1.29 is 17.8 Å². The fourth-order valence-electron chi connectivity index (χ4n) is 3.49. The van der Waals surface area contributed by atoms with Crippen LogP contribution < -0.4 is 4.72 Å². The van der Waals surface area contributed by atoms with Gasteiger partial charge in [0.1, 0.15) is 11.3 Å². The zero-order valence-electron chi connectivity index (χ0n) is 14.6. The van der Waals surface area contributed by atoms with Crippen molar-refractivity contribution in [3.05, 3.63) is 63.9 Å². The third-order valence-electron chi connectivity index (χ3n) is 4.89. The number of furan rings is 1. The van der Waals surface area contributed by atoms with Crippen LogP contribution in [0.25, 0.3) is 11.0 Å². The number of nitrogens with one attached hydrogen (secondary N) is 1. The Morgan fingerprint density at radius 1 is 1.22 bits per heavy atom. The lowest BCUT2D eigenvalue weighted by Gasteiger charge is -2.16. The molecule has 0 saturated carbocycles. The second-order valence-corrected chi connectivity index (χ2v) is 8.61. The smallest absolute Gasteiger partial charge is 0.270 e. The predicted molar refractivity (Wildman–Crippen MR) is 101 cm³/mol. The van der Waals surface area contributed by atoms with E-state index in [0.29, 0.717) is 11.6 Å². The number of nitro groups is 1. The maximum absolute atomic E-state index is 12.6. The standard InChI is InChI=1S/C19H18N2O5S/c1-12-5-7-16-17-10-13(6-8-18(17)26-19(16)9-12)20-27(24,25)15-4-2-3-14(11-15)21(22)23/h2-4,6,8,10-12,20H,5,7,9H2,1H3. The second kappa shape index (κ2) is 6.38. The van der Waals surface area contributed by atoms with Crippen molar-refractivity contribution >= 4 is 32.4 Å². The van der Waals surface area contributed by atoms with Gasteiger partial charge in [-0.2, -0.15) is 0 Å². The fourth-order valence-corrected chi connectivity index (χ4v) is 4.58. The molecule has 3 aromatic rings. The molecule has 0 saturated heterocycles. The number of anilines is 1. The first-order valence-electron chi connectivity index (χ1n) is 8.65. The van der Waals surface area contributed by atoms with Crippen molar-refractivity contribution in [1.29, 1.82) is 0 Å². The Hall–Kier alpha value is -2.87. The first kappa shape index (κ1) is 17.5. The van der Waals surface area contributed by atoms with Crippen molar-refractivity contribution in [3.8, 4) is 0 Å². The first-order chi connectivity index (χ1) is 12.8. The number of nitro benzene ring substituents is 1. The molecule has 1 aliphatic carbocycles. The molecule has 1 unspecified atom stereocenters. The Bertz CT molecular complexity index is 1150. The summed E-state index contributed by atoms with van der Waals surface area (Å²) in [5.41, 5.74) is 2.01. The summed E-state index contributed by atoms with van der Waals surface area (Å²) in [6.45, 7) is 2.19. The molecule has 0 bridgehead atoms. The Kier molecular flexibility index (Phi) is 4.15. The average Bonchev–Trinajstić information content (AvgIpc) is 2.98. The number of fused-ring (bicyclic) bond motifs is 3. The summed E-state index contributed by atoms with van der Waals surface area (Å²) in [5.74, 6) is 1.55. The number of nitrogens with zero attached hydrogens (tertiary/aromatic N) is 1. The Labute approximate surface area is 156 Å². The molecule has 140 valence electrons. The maximum Gasteiger partial charge on any atom is 0.270 e. The van der Waals surface area contributed by atoms with Gasteiger partial charge in [-0.05, 0) is 43.0 Å². The summed E-state index contributed by atoms with van der Waals surface area (Å²) in [4.78, 5) is 10.1. The Morgan fingerprint density at radius 3 is 2.81 bits per heavy atom. The molecule has 0 radical (unpaired) electrons. The number of rotatable bonds is 4. The normalized spacial score (nSPS) is 16.9. The molecule has 0 amide bonds. The van der Waals surface area contributed by atoms with Gasteiger partial charge in [-0.25, -0.2) is 8.42 Å². The summed E-state index contributed by atoms with van der Waals surface area (Å²) in [6, 6.07) is 10.1. The van der Waals surface area contributed by atoms with E-state index in [0.717, 1.165) is 47.6 Å². The van der Waals surface area contributed by atoms with Crippen LogP contribution in [0, 0.1) is 16.0 Å². The van der Waals surface area contributed by atoms with Gasteiger partial charge >= 0.3 is 0 Å². The second-order valence-electron chi connectivity index (χ2n) is 6.92. The van der Waals surface area contributed by atoms with E-state index >= 15 is 0 Å². The first-order valence-corrected chi connectivity index (χ1v) is 10.1. The molecule has 0 aliphatic heterocycles.